The normalized spacial score (nSPS) is 16.3. The molecule has 0 aliphatic heterocycles. The third-order valence-corrected chi connectivity index (χ3v) is 3.21. The van der Waals surface area contributed by atoms with Crippen LogP contribution in [-0.2, 0) is 6.42 Å². The first kappa shape index (κ1) is 15.2. The van der Waals surface area contributed by atoms with Crippen molar-refractivity contribution >= 4 is 0 Å². The fourth-order valence-corrected chi connectivity index (χ4v) is 2.21. The van der Waals surface area contributed by atoms with Crippen molar-refractivity contribution in [3.63, 3.8) is 0 Å². The van der Waals surface area contributed by atoms with Crippen LogP contribution in [0.2, 0.25) is 0 Å². The molecule has 0 aliphatic carbocycles. The second kappa shape index (κ2) is 7.52. The van der Waals surface area contributed by atoms with Gasteiger partial charge in [0.1, 0.15) is 0 Å². The zero-order valence-corrected chi connectivity index (χ0v) is 11.7. The lowest BCUT2D eigenvalue weighted by atomic mass is 10.0. The van der Waals surface area contributed by atoms with Crippen molar-refractivity contribution in [2.75, 3.05) is 6.54 Å². The average Bonchev–Trinajstić information content (AvgIpc) is 2.35. The smallest absolute Gasteiger partial charge is 0.0526 e. The number of aryl methyl sites for hydroxylation is 1. The number of aliphatic hydroxyl groups excluding tert-OH is 1. The van der Waals surface area contributed by atoms with Crippen molar-refractivity contribution in [3.8, 4) is 0 Å². The zero-order valence-electron chi connectivity index (χ0n) is 11.7. The second-order valence-electron chi connectivity index (χ2n) is 5.04. The second-order valence-corrected chi connectivity index (χ2v) is 5.04. The third kappa shape index (κ3) is 4.77. The standard InChI is InChI=1S/C15H26N2O/c1-4-13-5-7-14(8-6-13)15(10-16)17-11(2)9-12(3)18/h5-8,11-12,15,17-18H,4,9-10,16H2,1-3H3. The molecule has 18 heavy (non-hydrogen) atoms. The first-order chi connectivity index (χ1) is 8.56. The van der Waals surface area contributed by atoms with Gasteiger partial charge in [0.15, 0.2) is 0 Å². The highest BCUT2D eigenvalue weighted by Crippen LogP contribution is 2.15. The van der Waals surface area contributed by atoms with E-state index in [-0.39, 0.29) is 18.2 Å². The van der Waals surface area contributed by atoms with Gasteiger partial charge in [-0.1, -0.05) is 31.2 Å². The lowest BCUT2D eigenvalue weighted by molar-refractivity contribution is 0.168. The topological polar surface area (TPSA) is 58.3 Å². The van der Waals surface area contributed by atoms with Gasteiger partial charge in [-0.05, 0) is 37.8 Å². The Labute approximate surface area is 110 Å². The van der Waals surface area contributed by atoms with Crippen LogP contribution < -0.4 is 11.1 Å². The molecule has 0 amide bonds. The first-order valence-corrected chi connectivity index (χ1v) is 6.79. The summed E-state index contributed by atoms with van der Waals surface area (Å²) in [6, 6.07) is 8.99. The van der Waals surface area contributed by atoms with E-state index in [1.165, 1.54) is 11.1 Å². The van der Waals surface area contributed by atoms with Crippen LogP contribution in [-0.4, -0.2) is 23.8 Å². The average molecular weight is 250 g/mol. The van der Waals surface area contributed by atoms with Crippen LogP contribution in [0, 0.1) is 0 Å². The van der Waals surface area contributed by atoms with E-state index >= 15 is 0 Å². The third-order valence-electron chi connectivity index (χ3n) is 3.21. The predicted octanol–water partition coefficient (Wildman–Crippen LogP) is 2.00. The molecular formula is C15H26N2O. The summed E-state index contributed by atoms with van der Waals surface area (Å²) < 4.78 is 0. The molecule has 3 nitrogen and oxygen atoms in total. The van der Waals surface area contributed by atoms with Gasteiger partial charge in [0.2, 0.25) is 0 Å². The summed E-state index contributed by atoms with van der Waals surface area (Å²) in [4.78, 5) is 0. The SMILES string of the molecule is CCc1ccc(C(CN)NC(C)CC(C)O)cc1. The molecule has 1 aromatic carbocycles. The van der Waals surface area contributed by atoms with E-state index in [9.17, 15) is 5.11 Å². The summed E-state index contributed by atoms with van der Waals surface area (Å²) in [5.41, 5.74) is 8.38. The lowest BCUT2D eigenvalue weighted by Crippen LogP contribution is -2.36. The van der Waals surface area contributed by atoms with Crippen LogP contribution in [0.4, 0.5) is 0 Å². The minimum absolute atomic E-state index is 0.157. The number of nitrogens with one attached hydrogen (secondary N) is 1. The molecule has 0 heterocycles. The van der Waals surface area contributed by atoms with E-state index < -0.39 is 0 Å². The maximum absolute atomic E-state index is 9.38. The van der Waals surface area contributed by atoms with E-state index in [1.807, 2.05) is 6.92 Å². The number of aliphatic hydroxyl groups is 1. The molecule has 0 spiro atoms. The number of rotatable bonds is 7. The molecule has 0 aliphatic rings. The minimum atomic E-state index is -0.284. The van der Waals surface area contributed by atoms with Gasteiger partial charge in [-0.3, -0.25) is 0 Å². The van der Waals surface area contributed by atoms with Crippen molar-refractivity contribution in [2.45, 2.75) is 51.8 Å². The van der Waals surface area contributed by atoms with E-state index in [4.69, 9.17) is 5.73 Å². The molecule has 0 aromatic heterocycles. The molecule has 0 bridgehead atoms. The highest BCUT2D eigenvalue weighted by atomic mass is 16.3. The quantitative estimate of drug-likeness (QED) is 0.693. The van der Waals surface area contributed by atoms with Gasteiger partial charge in [0.05, 0.1) is 6.10 Å². The van der Waals surface area contributed by atoms with Gasteiger partial charge in [0, 0.05) is 18.6 Å². The van der Waals surface area contributed by atoms with E-state index in [0.29, 0.717) is 6.54 Å². The molecule has 3 atom stereocenters. The summed E-state index contributed by atoms with van der Waals surface area (Å²) in [5, 5.41) is 12.8. The lowest BCUT2D eigenvalue weighted by Gasteiger charge is -2.23. The van der Waals surface area contributed by atoms with Crippen molar-refractivity contribution in [1.29, 1.82) is 0 Å². The monoisotopic (exact) mass is 250 g/mol. The van der Waals surface area contributed by atoms with Gasteiger partial charge in [-0.15, -0.1) is 0 Å². The molecular weight excluding hydrogens is 224 g/mol. The Balaban J connectivity index is 2.64. The molecule has 0 saturated carbocycles. The zero-order chi connectivity index (χ0) is 13.5. The Kier molecular flexibility index (Phi) is 6.33. The highest BCUT2D eigenvalue weighted by molar-refractivity contribution is 5.25. The van der Waals surface area contributed by atoms with Crippen LogP contribution in [0.3, 0.4) is 0 Å². The fourth-order valence-electron chi connectivity index (χ4n) is 2.21. The van der Waals surface area contributed by atoms with Gasteiger partial charge in [0.25, 0.3) is 0 Å². The molecule has 3 unspecified atom stereocenters. The van der Waals surface area contributed by atoms with Crippen molar-refractivity contribution in [1.82, 2.24) is 5.32 Å². The molecule has 1 aromatic rings. The van der Waals surface area contributed by atoms with Crippen molar-refractivity contribution in [3.05, 3.63) is 35.4 Å². The summed E-state index contributed by atoms with van der Waals surface area (Å²) >= 11 is 0. The minimum Gasteiger partial charge on any atom is -0.393 e. The molecule has 0 saturated heterocycles. The Morgan fingerprint density at radius 2 is 1.83 bits per heavy atom. The Hall–Kier alpha value is -0.900. The molecule has 4 N–H and O–H groups in total. The highest BCUT2D eigenvalue weighted by Gasteiger charge is 2.13. The summed E-state index contributed by atoms with van der Waals surface area (Å²) in [7, 11) is 0. The van der Waals surface area contributed by atoms with Gasteiger partial charge >= 0.3 is 0 Å². The number of hydrogen-bond donors (Lipinski definition) is 3. The molecule has 1 rings (SSSR count). The van der Waals surface area contributed by atoms with Gasteiger partial charge < -0.3 is 16.2 Å². The summed E-state index contributed by atoms with van der Waals surface area (Å²) in [5.74, 6) is 0. The molecule has 0 fully saturated rings. The van der Waals surface area contributed by atoms with Crippen LogP contribution in [0.1, 0.15) is 44.4 Å². The Bertz CT molecular complexity index is 335. The van der Waals surface area contributed by atoms with E-state index in [1.54, 1.807) is 0 Å². The van der Waals surface area contributed by atoms with Crippen molar-refractivity contribution in [2.24, 2.45) is 5.73 Å². The molecule has 0 radical (unpaired) electrons. The van der Waals surface area contributed by atoms with Crippen LogP contribution >= 0.6 is 0 Å². The largest absolute Gasteiger partial charge is 0.393 e. The van der Waals surface area contributed by atoms with E-state index in [0.717, 1.165) is 12.8 Å². The van der Waals surface area contributed by atoms with Gasteiger partial charge in [-0.25, -0.2) is 0 Å². The summed E-state index contributed by atoms with van der Waals surface area (Å²) in [6.45, 7) is 6.61. The predicted molar refractivity (Wildman–Crippen MR) is 76.5 cm³/mol. The fraction of sp³-hybridized carbons (Fsp3) is 0.600. The maximum atomic E-state index is 9.38. The van der Waals surface area contributed by atoms with Gasteiger partial charge in [-0.2, -0.15) is 0 Å². The molecule has 3 heteroatoms. The number of benzene rings is 1. The molecule has 102 valence electrons. The van der Waals surface area contributed by atoms with Crippen LogP contribution in [0.25, 0.3) is 0 Å². The Morgan fingerprint density at radius 1 is 1.22 bits per heavy atom. The van der Waals surface area contributed by atoms with Crippen LogP contribution in [0.15, 0.2) is 24.3 Å². The first-order valence-electron chi connectivity index (χ1n) is 6.79. The Morgan fingerprint density at radius 3 is 2.28 bits per heavy atom. The number of hydrogen-bond acceptors (Lipinski definition) is 3. The van der Waals surface area contributed by atoms with Crippen LogP contribution in [0.5, 0.6) is 0 Å². The number of nitrogens with two attached hydrogens (primary N) is 1. The van der Waals surface area contributed by atoms with E-state index in [2.05, 4.69) is 43.4 Å². The summed E-state index contributed by atoms with van der Waals surface area (Å²) in [6.07, 6.45) is 1.51. The van der Waals surface area contributed by atoms with Crippen molar-refractivity contribution < 1.29 is 5.11 Å². The maximum Gasteiger partial charge on any atom is 0.0526 e.